The zero-order valence-electron chi connectivity index (χ0n) is 12.8. The first-order valence-electron chi connectivity index (χ1n) is 6.81. The first kappa shape index (κ1) is 16.7. The number of methoxy groups -OCH3 is 1. The number of nitrogens with two attached hydrogens (primary N) is 1. The van der Waals surface area contributed by atoms with Crippen LogP contribution in [0.2, 0.25) is 0 Å². The Morgan fingerprint density at radius 1 is 1.41 bits per heavy atom. The van der Waals surface area contributed by atoms with Crippen molar-refractivity contribution in [3.8, 4) is 5.69 Å². The molecule has 0 unspecified atom stereocenters. The number of nitrogens with zero attached hydrogens (tertiary/aromatic N) is 1. The number of aryl methyl sites for hydroxylation is 2. The van der Waals surface area contributed by atoms with Gasteiger partial charge < -0.3 is 15.8 Å². The van der Waals surface area contributed by atoms with Crippen LogP contribution in [-0.4, -0.2) is 30.7 Å². The maximum Gasteiger partial charge on any atom is 0.265 e. The monoisotopic (exact) mass is 337 g/mol. The molecule has 0 spiro atoms. The molecule has 0 bridgehead atoms. The van der Waals surface area contributed by atoms with E-state index in [0.717, 1.165) is 11.3 Å². The van der Waals surface area contributed by atoms with E-state index in [-0.39, 0.29) is 5.91 Å². The SMILES string of the molecule is COCCNC(=O)c1sc(=S)n(-c2ccc(C)c(C)c2)c1N. The highest BCUT2D eigenvalue weighted by atomic mass is 32.1. The number of thiazole rings is 1. The molecular weight excluding hydrogens is 318 g/mol. The molecule has 0 saturated heterocycles. The minimum Gasteiger partial charge on any atom is -0.383 e. The van der Waals surface area contributed by atoms with E-state index in [9.17, 15) is 4.79 Å². The van der Waals surface area contributed by atoms with Crippen LogP contribution in [0.1, 0.15) is 20.8 Å². The van der Waals surface area contributed by atoms with E-state index in [0.29, 0.717) is 27.8 Å². The summed E-state index contributed by atoms with van der Waals surface area (Å²) in [6.45, 7) is 4.96. The maximum absolute atomic E-state index is 12.2. The Labute approximate surface area is 138 Å². The highest BCUT2D eigenvalue weighted by molar-refractivity contribution is 7.73. The van der Waals surface area contributed by atoms with Crippen LogP contribution in [0, 0.1) is 17.8 Å². The molecule has 1 aromatic carbocycles. The number of hydrogen-bond donors (Lipinski definition) is 2. The Morgan fingerprint density at radius 3 is 2.77 bits per heavy atom. The fourth-order valence-corrected chi connectivity index (χ4v) is 3.29. The molecule has 0 fully saturated rings. The van der Waals surface area contributed by atoms with Gasteiger partial charge in [-0.3, -0.25) is 9.36 Å². The van der Waals surface area contributed by atoms with Crippen molar-refractivity contribution in [1.29, 1.82) is 0 Å². The third-order valence-electron chi connectivity index (χ3n) is 3.39. The number of benzene rings is 1. The number of ether oxygens (including phenoxy) is 1. The van der Waals surface area contributed by atoms with Crippen molar-refractivity contribution in [1.82, 2.24) is 9.88 Å². The number of amides is 1. The minimum absolute atomic E-state index is 0.228. The lowest BCUT2D eigenvalue weighted by Crippen LogP contribution is -2.27. The van der Waals surface area contributed by atoms with Crippen LogP contribution in [0.4, 0.5) is 5.82 Å². The number of carbonyl (C=O) groups is 1. The van der Waals surface area contributed by atoms with Crippen LogP contribution >= 0.6 is 23.6 Å². The van der Waals surface area contributed by atoms with Gasteiger partial charge in [-0.05, 0) is 49.3 Å². The predicted octanol–water partition coefficient (Wildman–Crippen LogP) is 2.84. The molecule has 118 valence electrons. The molecule has 3 N–H and O–H groups in total. The topological polar surface area (TPSA) is 69.3 Å². The lowest BCUT2D eigenvalue weighted by Gasteiger charge is -2.09. The molecule has 5 nitrogen and oxygen atoms in total. The van der Waals surface area contributed by atoms with Gasteiger partial charge in [-0.1, -0.05) is 17.4 Å². The quantitative estimate of drug-likeness (QED) is 0.650. The summed E-state index contributed by atoms with van der Waals surface area (Å²) in [5, 5.41) is 2.76. The Morgan fingerprint density at radius 2 is 2.14 bits per heavy atom. The van der Waals surface area contributed by atoms with Gasteiger partial charge >= 0.3 is 0 Å². The molecule has 0 radical (unpaired) electrons. The molecule has 0 saturated carbocycles. The van der Waals surface area contributed by atoms with Crippen molar-refractivity contribution < 1.29 is 9.53 Å². The first-order valence-corrected chi connectivity index (χ1v) is 8.04. The van der Waals surface area contributed by atoms with Crippen molar-refractivity contribution in [2.75, 3.05) is 26.0 Å². The van der Waals surface area contributed by atoms with Gasteiger partial charge in [0.05, 0.1) is 6.61 Å². The van der Waals surface area contributed by atoms with Gasteiger partial charge in [-0.15, -0.1) is 0 Å². The van der Waals surface area contributed by atoms with E-state index in [4.69, 9.17) is 22.7 Å². The van der Waals surface area contributed by atoms with E-state index in [1.54, 1.807) is 11.7 Å². The summed E-state index contributed by atoms with van der Waals surface area (Å²) in [5.41, 5.74) is 9.36. The average Bonchev–Trinajstić information content (AvgIpc) is 2.77. The van der Waals surface area contributed by atoms with E-state index in [1.807, 2.05) is 32.0 Å². The maximum atomic E-state index is 12.2. The second-order valence-electron chi connectivity index (χ2n) is 4.94. The van der Waals surface area contributed by atoms with Gasteiger partial charge in [0.1, 0.15) is 10.7 Å². The molecule has 0 aliphatic carbocycles. The summed E-state index contributed by atoms with van der Waals surface area (Å²) in [6.07, 6.45) is 0. The molecule has 2 aromatic rings. The number of nitrogen functional groups attached to an aromatic ring is 1. The summed E-state index contributed by atoms with van der Waals surface area (Å²) in [4.78, 5) is 12.6. The largest absolute Gasteiger partial charge is 0.383 e. The normalized spacial score (nSPS) is 10.7. The lowest BCUT2D eigenvalue weighted by molar-refractivity contribution is 0.0941. The van der Waals surface area contributed by atoms with Crippen molar-refractivity contribution >= 4 is 35.3 Å². The standard InChI is InChI=1S/C15H19N3O2S2/c1-9-4-5-11(8-10(9)2)18-13(16)12(22-15(18)21)14(19)17-6-7-20-3/h4-5,8H,6-7,16H2,1-3H3,(H,17,19). The van der Waals surface area contributed by atoms with Crippen LogP contribution in [0.25, 0.3) is 5.69 Å². The molecule has 2 rings (SSSR count). The predicted molar refractivity (Wildman–Crippen MR) is 92.6 cm³/mol. The molecule has 7 heteroatoms. The van der Waals surface area contributed by atoms with Gasteiger partial charge in [0.25, 0.3) is 5.91 Å². The third kappa shape index (κ3) is 3.37. The Kier molecular flexibility index (Phi) is 5.33. The van der Waals surface area contributed by atoms with E-state index < -0.39 is 0 Å². The van der Waals surface area contributed by atoms with Crippen molar-refractivity contribution in [2.24, 2.45) is 0 Å². The summed E-state index contributed by atoms with van der Waals surface area (Å²) in [5.74, 6) is 0.140. The second kappa shape index (κ2) is 7.04. The molecule has 22 heavy (non-hydrogen) atoms. The number of nitrogens with one attached hydrogen (secondary N) is 1. The number of hydrogen-bond acceptors (Lipinski definition) is 5. The van der Waals surface area contributed by atoms with E-state index in [2.05, 4.69) is 5.32 Å². The highest BCUT2D eigenvalue weighted by Gasteiger charge is 2.17. The summed E-state index contributed by atoms with van der Waals surface area (Å²) in [6, 6.07) is 5.98. The molecular formula is C15H19N3O2S2. The highest BCUT2D eigenvalue weighted by Crippen LogP contribution is 2.27. The number of anilines is 1. The zero-order valence-corrected chi connectivity index (χ0v) is 14.4. The lowest BCUT2D eigenvalue weighted by atomic mass is 10.1. The van der Waals surface area contributed by atoms with Crippen LogP contribution in [-0.2, 0) is 4.74 Å². The second-order valence-corrected chi connectivity index (χ2v) is 6.58. The summed E-state index contributed by atoms with van der Waals surface area (Å²) in [7, 11) is 1.58. The summed E-state index contributed by atoms with van der Waals surface area (Å²) >= 11 is 6.58. The zero-order chi connectivity index (χ0) is 16.3. The molecule has 0 aliphatic rings. The molecule has 1 aromatic heterocycles. The molecule has 1 amide bonds. The van der Waals surface area contributed by atoms with Gasteiger partial charge in [-0.2, -0.15) is 0 Å². The van der Waals surface area contributed by atoms with Crippen LogP contribution in [0.15, 0.2) is 18.2 Å². The van der Waals surface area contributed by atoms with E-state index in [1.165, 1.54) is 16.9 Å². The van der Waals surface area contributed by atoms with Crippen molar-refractivity contribution in [2.45, 2.75) is 13.8 Å². The van der Waals surface area contributed by atoms with Crippen molar-refractivity contribution in [3.05, 3.63) is 38.2 Å². The number of rotatable bonds is 5. The van der Waals surface area contributed by atoms with Gasteiger partial charge in [0, 0.05) is 19.3 Å². The molecule has 0 aliphatic heterocycles. The van der Waals surface area contributed by atoms with Gasteiger partial charge in [0.2, 0.25) is 0 Å². The number of carbonyl (C=O) groups excluding carboxylic acids is 1. The fraction of sp³-hybridized carbons (Fsp3) is 0.333. The fourth-order valence-electron chi connectivity index (χ4n) is 2.00. The molecule has 1 heterocycles. The smallest absolute Gasteiger partial charge is 0.265 e. The minimum atomic E-state index is -0.228. The Hall–Kier alpha value is -1.70. The first-order chi connectivity index (χ1) is 10.5. The van der Waals surface area contributed by atoms with Gasteiger partial charge in [-0.25, -0.2) is 0 Å². The Bertz CT molecular complexity index is 750. The van der Waals surface area contributed by atoms with Crippen LogP contribution in [0.5, 0.6) is 0 Å². The van der Waals surface area contributed by atoms with E-state index >= 15 is 0 Å². The molecule has 0 atom stereocenters. The van der Waals surface area contributed by atoms with Crippen molar-refractivity contribution in [3.63, 3.8) is 0 Å². The number of aromatic nitrogens is 1. The summed E-state index contributed by atoms with van der Waals surface area (Å²) < 4.78 is 7.20. The average molecular weight is 337 g/mol. The third-order valence-corrected chi connectivity index (χ3v) is 4.78. The van der Waals surface area contributed by atoms with Crippen LogP contribution in [0.3, 0.4) is 0 Å². The Balaban J connectivity index is 2.36. The van der Waals surface area contributed by atoms with Crippen LogP contribution < -0.4 is 11.1 Å². The van der Waals surface area contributed by atoms with Gasteiger partial charge in [0.15, 0.2) is 3.95 Å².